The first-order valence-electron chi connectivity index (χ1n) is 8.58. The van der Waals surface area contributed by atoms with E-state index in [9.17, 15) is 4.79 Å². The number of likely N-dealkylation sites (tertiary alicyclic amines) is 1. The van der Waals surface area contributed by atoms with Crippen LogP contribution in [0, 0.1) is 0 Å². The van der Waals surface area contributed by atoms with Crippen molar-refractivity contribution in [1.29, 1.82) is 0 Å². The number of nitrogens with zero attached hydrogens (tertiary/aromatic N) is 2. The third-order valence-electron chi connectivity index (χ3n) is 4.18. The number of piperidine rings is 1. The Morgan fingerprint density at radius 2 is 1.88 bits per heavy atom. The molecule has 2 aromatic carbocycles. The largest absolute Gasteiger partial charge is 0.487 e. The number of carbonyl (C=O) groups excluding carboxylic acids is 1. The van der Waals surface area contributed by atoms with E-state index in [1.807, 2.05) is 66.5 Å². The van der Waals surface area contributed by atoms with Crippen molar-refractivity contribution >= 4 is 17.6 Å². The number of carbonyl (C=O) groups is 1. The number of amides is 2. The minimum atomic E-state index is -0.362. The Kier molecular flexibility index (Phi) is 5.67. The summed E-state index contributed by atoms with van der Waals surface area (Å²) >= 11 is 0. The van der Waals surface area contributed by atoms with Crippen LogP contribution in [0.3, 0.4) is 0 Å². The number of anilines is 1. The second kappa shape index (κ2) is 8.33. The van der Waals surface area contributed by atoms with Gasteiger partial charge in [0.2, 0.25) is 0 Å². The number of ether oxygens (including phenoxy) is 1. The quantitative estimate of drug-likeness (QED) is 0.904. The van der Waals surface area contributed by atoms with Crippen molar-refractivity contribution in [3.63, 3.8) is 0 Å². The van der Waals surface area contributed by atoms with Crippen LogP contribution in [0.25, 0.3) is 0 Å². The lowest BCUT2D eigenvalue weighted by Gasteiger charge is -2.25. The second-order valence-corrected chi connectivity index (χ2v) is 6.11. The lowest BCUT2D eigenvalue weighted by Crippen LogP contribution is -2.32. The molecule has 0 atom stereocenters. The summed E-state index contributed by atoms with van der Waals surface area (Å²) in [6.07, 6.45) is 3.07. The van der Waals surface area contributed by atoms with E-state index in [0.29, 0.717) is 18.0 Å². The van der Waals surface area contributed by atoms with E-state index in [-0.39, 0.29) is 6.03 Å². The number of rotatable bonds is 4. The van der Waals surface area contributed by atoms with Crippen molar-refractivity contribution in [1.82, 2.24) is 4.90 Å². The highest BCUT2D eigenvalue weighted by Gasteiger charge is 2.14. The average molecular weight is 337 g/mol. The van der Waals surface area contributed by atoms with Gasteiger partial charge in [-0.2, -0.15) is 4.99 Å². The maximum atomic E-state index is 12.3. The zero-order valence-electron chi connectivity index (χ0n) is 14.4. The highest BCUT2D eigenvalue weighted by Crippen LogP contribution is 2.25. The number of para-hydroxylation sites is 2. The molecular formula is C20H23N3O2. The summed E-state index contributed by atoms with van der Waals surface area (Å²) in [7, 11) is 1.97. The van der Waals surface area contributed by atoms with Gasteiger partial charge in [-0.3, -0.25) is 0 Å². The average Bonchev–Trinajstić information content (AvgIpc) is 2.64. The predicted octanol–water partition coefficient (Wildman–Crippen LogP) is 4.31. The first-order valence-corrected chi connectivity index (χ1v) is 8.58. The SMILES string of the molecule is CN1CCCC/C1=N/C(=O)Nc1ccccc1OCc1ccccc1. The van der Waals surface area contributed by atoms with E-state index in [1.165, 1.54) is 0 Å². The van der Waals surface area contributed by atoms with Crippen molar-refractivity contribution in [3.8, 4) is 5.75 Å². The van der Waals surface area contributed by atoms with Crippen molar-refractivity contribution in [2.24, 2.45) is 4.99 Å². The summed E-state index contributed by atoms with van der Waals surface area (Å²) in [5.74, 6) is 1.48. The maximum absolute atomic E-state index is 12.3. The summed E-state index contributed by atoms with van der Waals surface area (Å²) in [5.41, 5.74) is 1.71. The van der Waals surface area contributed by atoms with E-state index in [0.717, 1.165) is 37.2 Å². The Labute approximate surface area is 148 Å². The van der Waals surface area contributed by atoms with Crippen molar-refractivity contribution < 1.29 is 9.53 Å². The van der Waals surface area contributed by atoms with E-state index < -0.39 is 0 Å². The molecule has 0 aromatic heterocycles. The molecule has 0 radical (unpaired) electrons. The lowest BCUT2D eigenvalue weighted by molar-refractivity contribution is 0.258. The standard InChI is InChI=1S/C20H23N3O2/c1-23-14-8-7-13-19(23)22-20(24)21-17-11-5-6-12-18(17)25-15-16-9-3-2-4-10-16/h2-6,9-12H,7-8,13-15H2,1H3,(H,21,24)/b22-19-. The van der Waals surface area contributed by atoms with Gasteiger partial charge < -0.3 is 15.0 Å². The summed E-state index contributed by atoms with van der Waals surface area (Å²) in [6, 6.07) is 17.0. The fourth-order valence-corrected chi connectivity index (χ4v) is 2.78. The molecule has 0 spiro atoms. The highest BCUT2D eigenvalue weighted by atomic mass is 16.5. The maximum Gasteiger partial charge on any atom is 0.347 e. The molecular weight excluding hydrogens is 314 g/mol. The van der Waals surface area contributed by atoms with Crippen LogP contribution in [0.1, 0.15) is 24.8 Å². The van der Waals surface area contributed by atoms with Gasteiger partial charge >= 0.3 is 6.03 Å². The van der Waals surface area contributed by atoms with Gasteiger partial charge in [0.05, 0.1) is 5.69 Å². The number of urea groups is 1. The molecule has 1 heterocycles. The first kappa shape index (κ1) is 17.0. The molecule has 1 N–H and O–H groups in total. The Bertz CT molecular complexity index is 744. The van der Waals surface area contributed by atoms with Gasteiger partial charge in [-0.1, -0.05) is 42.5 Å². The fraction of sp³-hybridized carbons (Fsp3) is 0.300. The van der Waals surface area contributed by atoms with Gasteiger partial charge in [-0.25, -0.2) is 4.79 Å². The highest BCUT2D eigenvalue weighted by molar-refractivity contribution is 6.00. The minimum absolute atomic E-state index is 0.362. The molecule has 0 saturated carbocycles. The number of benzene rings is 2. The molecule has 0 bridgehead atoms. The van der Waals surface area contributed by atoms with E-state index in [2.05, 4.69) is 10.3 Å². The summed E-state index contributed by atoms with van der Waals surface area (Å²) in [5, 5.41) is 2.84. The third kappa shape index (κ3) is 4.83. The van der Waals surface area contributed by atoms with Crippen LogP contribution in [0.5, 0.6) is 5.75 Å². The Morgan fingerprint density at radius 1 is 1.12 bits per heavy atom. The van der Waals surface area contributed by atoms with Crippen molar-refractivity contribution in [2.75, 3.05) is 18.9 Å². The molecule has 2 aromatic rings. The normalized spacial score (nSPS) is 15.9. The smallest absolute Gasteiger partial charge is 0.347 e. The number of amidine groups is 1. The van der Waals surface area contributed by atoms with Gasteiger partial charge in [0.25, 0.3) is 0 Å². The zero-order valence-corrected chi connectivity index (χ0v) is 14.4. The van der Waals surface area contributed by atoms with Crippen LogP contribution in [-0.2, 0) is 6.61 Å². The van der Waals surface area contributed by atoms with Crippen LogP contribution < -0.4 is 10.1 Å². The monoisotopic (exact) mass is 337 g/mol. The number of aliphatic imine (C=N–C) groups is 1. The van der Waals surface area contributed by atoms with Gasteiger partial charge in [0.15, 0.2) is 0 Å². The molecule has 0 aliphatic carbocycles. The summed E-state index contributed by atoms with van der Waals surface area (Å²) in [6.45, 7) is 1.40. The predicted molar refractivity (Wildman–Crippen MR) is 100 cm³/mol. The van der Waals surface area contributed by atoms with Crippen LogP contribution in [0.2, 0.25) is 0 Å². The second-order valence-electron chi connectivity index (χ2n) is 6.11. The molecule has 3 rings (SSSR count). The number of hydrogen-bond acceptors (Lipinski definition) is 2. The molecule has 130 valence electrons. The van der Waals surface area contributed by atoms with Gasteiger partial charge in [0.1, 0.15) is 18.2 Å². The number of nitrogens with one attached hydrogen (secondary N) is 1. The molecule has 1 saturated heterocycles. The Balaban J connectivity index is 1.66. The third-order valence-corrected chi connectivity index (χ3v) is 4.18. The zero-order chi connectivity index (χ0) is 17.5. The Morgan fingerprint density at radius 3 is 2.68 bits per heavy atom. The topological polar surface area (TPSA) is 53.9 Å². The van der Waals surface area contributed by atoms with E-state index in [1.54, 1.807) is 0 Å². The minimum Gasteiger partial charge on any atom is -0.487 e. The fourth-order valence-electron chi connectivity index (χ4n) is 2.78. The first-order chi connectivity index (χ1) is 12.2. The summed E-state index contributed by atoms with van der Waals surface area (Å²) in [4.78, 5) is 18.5. The molecule has 5 heteroatoms. The van der Waals surface area contributed by atoms with Crippen LogP contribution in [-0.4, -0.2) is 30.4 Å². The molecule has 25 heavy (non-hydrogen) atoms. The van der Waals surface area contributed by atoms with Crippen molar-refractivity contribution in [2.45, 2.75) is 25.9 Å². The van der Waals surface area contributed by atoms with Gasteiger partial charge in [0, 0.05) is 20.0 Å². The Hall–Kier alpha value is -2.82. The molecule has 2 amide bonds. The van der Waals surface area contributed by atoms with Crippen LogP contribution in [0.4, 0.5) is 10.5 Å². The number of hydrogen-bond donors (Lipinski definition) is 1. The molecule has 1 aliphatic heterocycles. The molecule has 0 unspecified atom stereocenters. The van der Waals surface area contributed by atoms with Crippen LogP contribution >= 0.6 is 0 Å². The molecule has 5 nitrogen and oxygen atoms in total. The molecule has 1 aliphatic rings. The van der Waals surface area contributed by atoms with Crippen molar-refractivity contribution in [3.05, 3.63) is 60.2 Å². The van der Waals surface area contributed by atoms with Gasteiger partial charge in [-0.15, -0.1) is 0 Å². The lowest BCUT2D eigenvalue weighted by atomic mass is 10.1. The van der Waals surface area contributed by atoms with E-state index >= 15 is 0 Å². The molecule has 1 fully saturated rings. The van der Waals surface area contributed by atoms with Crippen LogP contribution in [0.15, 0.2) is 59.6 Å². The summed E-state index contributed by atoms with van der Waals surface area (Å²) < 4.78 is 5.86. The van der Waals surface area contributed by atoms with Gasteiger partial charge in [-0.05, 0) is 30.5 Å². The van der Waals surface area contributed by atoms with E-state index in [4.69, 9.17) is 4.74 Å².